The maximum Gasteiger partial charge on any atom is 0.175 e. The fraction of sp³-hybridized carbons (Fsp3) is 0.417. The molecule has 19 heavy (non-hydrogen) atoms. The van der Waals surface area contributed by atoms with Crippen molar-refractivity contribution >= 4 is 21.4 Å². The summed E-state index contributed by atoms with van der Waals surface area (Å²) < 4.78 is 22.5. The molecule has 0 aliphatic rings. The molecule has 4 N–H and O–H groups in total. The van der Waals surface area contributed by atoms with Crippen LogP contribution >= 0.6 is 0 Å². The molecular weight excluding hydrogens is 266 g/mol. The van der Waals surface area contributed by atoms with Crippen LogP contribution in [0.3, 0.4) is 0 Å². The second-order valence-electron chi connectivity index (χ2n) is 4.27. The van der Waals surface area contributed by atoms with E-state index in [1.807, 2.05) is 0 Å². The molecule has 0 saturated carbocycles. The van der Waals surface area contributed by atoms with Gasteiger partial charge in [-0.3, -0.25) is 0 Å². The van der Waals surface area contributed by atoms with Crippen molar-refractivity contribution in [3.63, 3.8) is 0 Å². The molecule has 0 saturated heterocycles. The summed E-state index contributed by atoms with van der Waals surface area (Å²) in [6.45, 7) is 0.747. The summed E-state index contributed by atoms with van der Waals surface area (Å²) in [6, 6.07) is 6.63. The molecule has 7 heteroatoms. The van der Waals surface area contributed by atoms with Gasteiger partial charge in [0.1, 0.15) is 5.84 Å². The van der Waals surface area contributed by atoms with E-state index in [1.54, 1.807) is 24.3 Å². The van der Waals surface area contributed by atoms with Crippen molar-refractivity contribution < 1.29 is 13.6 Å². The van der Waals surface area contributed by atoms with E-state index in [9.17, 15) is 8.42 Å². The third-order valence-corrected chi connectivity index (χ3v) is 3.73. The van der Waals surface area contributed by atoms with Gasteiger partial charge in [-0.25, -0.2) is 8.42 Å². The van der Waals surface area contributed by atoms with Crippen LogP contribution in [0.2, 0.25) is 0 Å². The second kappa shape index (κ2) is 6.98. The molecule has 0 aliphatic carbocycles. The molecule has 0 radical (unpaired) electrons. The molecule has 1 aromatic carbocycles. The Morgan fingerprint density at radius 1 is 1.32 bits per heavy atom. The molecule has 106 valence electrons. The van der Waals surface area contributed by atoms with Gasteiger partial charge >= 0.3 is 0 Å². The van der Waals surface area contributed by atoms with Gasteiger partial charge in [-0.1, -0.05) is 5.16 Å². The SMILES string of the molecule is CS(=O)(=O)c1ccc(NCCCCC(N)=NO)cc1. The Hall–Kier alpha value is -1.76. The summed E-state index contributed by atoms with van der Waals surface area (Å²) in [5.74, 6) is 0.234. The van der Waals surface area contributed by atoms with E-state index in [2.05, 4.69) is 10.5 Å². The number of benzene rings is 1. The Morgan fingerprint density at radius 2 is 1.95 bits per heavy atom. The van der Waals surface area contributed by atoms with E-state index in [0.717, 1.165) is 25.1 Å². The van der Waals surface area contributed by atoms with Crippen LogP contribution in [0.4, 0.5) is 5.69 Å². The summed E-state index contributed by atoms with van der Waals surface area (Å²) in [7, 11) is -3.14. The molecule has 0 heterocycles. The molecule has 1 aromatic rings. The van der Waals surface area contributed by atoms with Crippen LogP contribution in [-0.2, 0) is 9.84 Å². The first-order chi connectivity index (χ1) is 8.93. The molecule has 0 unspecified atom stereocenters. The Morgan fingerprint density at radius 3 is 2.47 bits per heavy atom. The molecular formula is C12H19N3O3S. The number of unbranched alkanes of at least 4 members (excludes halogenated alkanes) is 1. The predicted molar refractivity (Wildman–Crippen MR) is 75.3 cm³/mol. The minimum absolute atomic E-state index is 0.234. The molecule has 0 bridgehead atoms. The van der Waals surface area contributed by atoms with Crippen LogP contribution in [0.1, 0.15) is 19.3 Å². The van der Waals surface area contributed by atoms with Gasteiger partial charge in [-0.2, -0.15) is 0 Å². The van der Waals surface area contributed by atoms with Crippen LogP contribution in [-0.4, -0.2) is 32.3 Å². The fourth-order valence-electron chi connectivity index (χ4n) is 1.53. The minimum Gasteiger partial charge on any atom is -0.409 e. The number of amidine groups is 1. The van der Waals surface area contributed by atoms with Crippen molar-refractivity contribution in [1.82, 2.24) is 0 Å². The first kappa shape index (κ1) is 15.3. The largest absolute Gasteiger partial charge is 0.409 e. The highest BCUT2D eigenvalue weighted by Crippen LogP contribution is 2.13. The van der Waals surface area contributed by atoms with Gasteiger partial charge in [0.25, 0.3) is 0 Å². The first-order valence-corrected chi connectivity index (χ1v) is 7.83. The number of nitrogens with zero attached hydrogens (tertiary/aromatic N) is 1. The van der Waals surface area contributed by atoms with Crippen LogP contribution in [0.25, 0.3) is 0 Å². The lowest BCUT2D eigenvalue weighted by Crippen LogP contribution is -2.11. The maximum absolute atomic E-state index is 11.3. The Balaban J connectivity index is 2.35. The average Bonchev–Trinajstić information content (AvgIpc) is 2.37. The van der Waals surface area contributed by atoms with Crippen LogP contribution in [0.5, 0.6) is 0 Å². The lowest BCUT2D eigenvalue weighted by atomic mass is 10.2. The average molecular weight is 285 g/mol. The van der Waals surface area contributed by atoms with Gasteiger partial charge in [0, 0.05) is 24.9 Å². The molecule has 0 atom stereocenters. The zero-order valence-electron chi connectivity index (χ0n) is 10.8. The number of nitrogens with two attached hydrogens (primary N) is 1. The van der Waals surface area contributed by atoms with E-state index in [0.29, 0.717) is 11.3 Å². The normalized spacial score (nSPS) is 12.4. The van der Waals surface area contributed by atoms with Crippen molar-refractivity contribution in [2.75, 3.05) is 18.1 Å². The molecule has 0 spiro atoms. The van der Waals surface area contributed by atoms with E-state index < -0.39 is 9.84 Å². The fourth-order valence-corrected chi connectivity index (χ4v) is 2.16. The molecule has 0 aliphatic heterocycles. The number of hydrogen-bond donors (Lipinski definition) is 3. The van der Waals surface area contributed by atoms with Gasteiger partial charge in [0.2, 0.25) is 0 Å². The minimum atomic E-state index is -3.14. The van der Waals surface area contributed by atoms with E-state index in [-0.39, 0.29) is 5.84 Å². The van der Waals surface area contributed by atoms with Crippen molar-refractivity contribution in [1.29, 1.82) is 0 Å². The molecule has 0 amide bonds. The summed E-state index contributed by atoms with van der Waals surface area (Å²) in [4.78, 5) is 0.310. The van der Waals surface area contributed by atoms with Gasteiger partial charge in [-0.15, -0.1) is 0 Å². The maximum atomic E-state index is 11.3. The predicted octanol–water partition coefficient (Wildman–Crippen LogP) is 1.42. The van der Waals surface area contributed by atoms with Gasteiger partial charge in [0.05, 0.1) is 4.90 Å². The zero-order valence-corrected chi connectivity index (χ0v) is 11.7. The third kappa shape index (κ3) is 5.60. The lowest BCUT2D eigenvalue weighted by Gasteiger charge is -2.06. The highest BCUT2D eigenvalue weighted by Gasteiger charge is 2.05. The summed E-state index contributed by atoms with van der Waals surface area (Å²) in [6.07, 6.45) is 3.45. The Bertz CT molecular complexity index is 524. The highest BCUT2D eigenvalue weighted by atomic mass is 32.2. The molecule has 1 rings (SSSR count). The van der Waals surface area contributed by atoms with Crippen LogP contribution in [0, 0.1) is 0 Å². The topological polar surface area (TPSA) is 105 Å². The summed E-state index contributed by atoms with van der Waals surface area (Å²) in [5, 5.41) is 14.4. The van der Waals surface area contributed by atoms with Crippen molar-refractivity contribution in [2.24, 2.45) is 10.9 Å². The van der Waals surface area contributed by atoms with Gasteiger partial charge in [0.15, 0.2) is 9.84 Å². The number of nitrogens with one attached hydrogen (secondary N) is 1. The third-order valence-electron chi connectivity index (χ3n) is 2.60. The zero-order chi connectivity index (χ0) is 14.3. The summed E-state index contributed by atoms with van der Waals surface area (Å²) in [5.41, 5.74) is 6.22. The number of oxime groups is 1. The highest BCUT2D eigenvalue weighted by molar-refractivity contribution is 7.90. The second-order valence-corrected chi connectivity index (χ2v) is 6.29. The van der Waals surface area contributed by atoms with Crippen molar-refractivity contribution in [2.45, 2.75) is 24.2 Å². The Kier molecular flexibility index (Phi) is 5.62. The quantitative estimate of drug-likeness (QED) is 0.231. The number of sulfone groups is 1. The number of rotatable bonds is 7. The Labute approximate surface area is 113 Å². The van der Waals surface area contributed by atoms with E-state index in [1.165, 1.54) is 6.26 Å². The number of hydrogen-bond acceptors (Lipinski definition) is 5. The van der Waals surface area contributed by atoms with E-state index in [4.69, 9.17) is 10.9 Å². The first-order valence-electron chi connectivity index (χ1n) is 5.94. The lowest BCUT2D eigenvalue weighted by molar-refractivity contribution is 0.316. The summed E-state index contributed by atoms with van der Waals surface area (Å²) >= 11 is 0. The molecule has 0 fully saturated rings. The van der Waals surface area contributed by atoms with Gasteiger partial charge in [-0.05, 0) is 37.1 Å². The smallest absolute Gasteiger partial charge is 0.175 e. The standard InChI is InChI=1S/C12H19N3O3S/c1-19(17,18)11-7-5-10(6-8-11)14-9-3-2-4-12(13)15-16/h5-8,14,16H,2-4,9H2,1H3,(H2,13,15). The van der Waals surface area contributed by atoms with Gasteiger partial charge < -0.3 is 16.3 Å². The monoisotopic (exact) mass is 285 g/mol. The van der Waals surface area contributed by atoms with Crippen molar-refractivity contribution in [3.8, 4) is 0 Å². The van der Waals surface area contributed by atoms with Crippen LogP contribution < -0.4 is 11.1 Å². The number of anilines is 1. The molecule has 6 nitrogen and oxygen atoms in total. The van der Waals surface area contributed by atoms with Crippen LogP contribution in [0.15, 0.2) is 34.3 Å². The molecule has 0 aromatic heterocycles. The van der Waals surface area contributed by atoms with E-state index >= 15 is 0 Å². The van der Waals surface area contributed by atoms with Crippen molar-refractivity contribution in [3.05, 3.63) is 24.3 Å².